The summed E-state index contributed by atoms with van der Waals surface area (Å²) >= 11 is 0. The smallest absolute Gasteiger partial charge is 0.336 e. The van der Waals surface area contributed by atoms with E-state index in [1.54, 1.807) is 24.3 Å². The number of benzene rings is 2. The Bertz CT molecular complexity index is 1360. The van der Waals surface area contributed by atoms with Gasteiger partial charge in [-0.1, -0.05) is 56.3 Å². The average molecular weight is 446 g/mol. The lowest BCUT2D eigenvalue weighted by Gasteiger charge is -2.13. The normalized spacial score (nSPS) is 11.2. The second-order valence-electron chi connectivity index (χ2n) is 7.88. The van der Waals surface area contributed by atoms with Gasteiger partial charge in [0.15, 0.2) is 5.52 Å². The number of hydrogen-bond acceptors (Lipinski definition) is 7. The highest BCUT2D eigenvalue weighted by molar-refractivity contribution is 5.96. The molecule has 9 nitrogen and oxygen atoms in total. The summed E-state index contributed by atoms with van der Waals surface area (Å²) in [5.74, 6) is -1.24. The topological polar surface area (TPSA) is 127 Å². The maximum absolute atomic E-state index is 11.5. The number of fused-ring (bicyclic) bond motifs is 1. The first kappa shape index (κ1) is 21.9. The molecule has 0 aliphatic rings. The first-order chi connectivity index (χ1) is 15.8. The molecule has 0 aliphatic carbocycles. The Morgan fingerprint density at radius 3 is 2.39 bits per heavy atom. The van der Waals surface area contributed by atoms with Crippen molar-refractivity contribution < 1.29 is 24.5 Å². The quantitative estimate of drug-likeness (QED) is 0.426. The third kappa shape index (κ3) is 4.25. The van der Waals surface area contributed by atoms with Crippen LogP contribution in [0.5, 0.6) is 11.8 Å². The molecule has 33 heavy (non-hydrogen) atoms. The summed E-state index contributed by atoms with van der Waals surface area (Å²) in [6.45, 7) is 5.55. The van der Waals surface area contributed by atoms with E-state index in [4.69, 9.17) is 4.74 Å². The zero-order valence-electron chi connectivity index (χ0n) is 18.3. The van der Waals surface area contributed by atoms with Crippen LogP contribution in [0, 0.1) is 0 Å². The molecule has 0 saturated carbocycles. The fraction of sp³-hybridized carbons (Fsp3) is 0.208. The van der Waals surface area contributed by atoms with Crippen LogP contribution in [-0.4, -0.2) is 41.9 Å². The Morgan fingerprint density at radius 1 is 1.06 bits per heavy atom. The number of esters is 1. The van der Waals surface area contributed by atoms with E-state index in [1.165, 1.54) is 6.92 Å². The molecule has 168 valence electrons. The SMILES string of the molecule is CC(=O)Oc1nnc(O)c2c1nc(C(C)C)n2Cc1ccc(-c2ccccc2C(=O)O)cc1. The lowest BCUT2D eigenvalue weighted by molar-refractivity contribution is -0.132. The highest BCUT2D eigenvalue weighted by atomic mass is 16.5. The summed E-state index contributed by atoms with van der Waals surface area (Å²) in [5.41, 5.74) is 3.12. The van der Waals surface area contributed by atoms with Crippen LogP contribution in [0.25, 0.3) is 22.2 Å². The van der Waals surface area contributed by atoms with Crippen LogP contribution in [0.1, 0.15) is 48.4 Å². The molecular formula is C24H22N4O5. The second kappa shape index (κ2) is 8.70. The van der Waals surface area contributed by atoms with E-state index >= 15 is 0 Å². The van der Waals surface area contributed by atoms with Crippen molar-refractivity contribution in [2.24, 2.45) is 0 Å². The molecule has 0 saturated heterocycles. The number of hydrogen-bond donors (Lipinski definition) is 2. The highest BCUT2D eigenvalue weighted by Crippen LogP contribution is 2.33. The van der Waals surface area contributed by atoms with E-state index in [0.717, 1.165) is 11.1 Å². The van der Waals surface area contributed by atoms with Gasteiger partial charge in [-0.15, -0.1) is 10.2 Å². The number of carbonyl (C=O) groups is 2. The molecule has 9 heteroatoms. The summed E-state index contributed by atoms with van der Waals surface area (Å²) in [6, 6.07) is 14.3. The van der Waals surface area contributed by atoms with Crippen molar-refractivity contribution in [3.63, 3.8) is 0 Å². The van der Waals surface area contributed by atoms with Gasteiger partial charge in [-0.2, -0.15) is 0 Å². The minimum absolute atomic E-state index is 0.00342. The number of imidazole rings is 1. The molecule has 4 rings (SSSR count). The zero-order chi connectivity index (χ0) is 23.7. The minimum Gasteiger partial charge on any atom is -0.491 e. The molecule has 2 N–H and O–H groups in total. The van der Waals surface area contributed by atoms with E-state index in [1.807, 2.05) is 42.7 Å². The van der Waals surface area contributed by atoms with Crippen molar-refractivity contribution in [1.29, 1.82) is 0 Å². The molecule has 2 aromatic carbocycles. The predicted octanol–water partition coefficient (Wildman–Crippen LogP) is 3.99. The number of carbonyl (C=O) groups excluding carboxylic acids is 1. The Kier molecular flexibility index (Phi) is 5.78. The third-order valence-electron chi connectivity index (χ3n) is 5.17. The lowest BCUT2D eigenvalue weighted by Crippen LogP contribution is -2.07. The first-order valence-corrected chi connectivity index (χ1v) is 10.3. The van der Waals surface area contributed by atoms with Crippen molar-refractivity contribution in [3.8, 4) is 22.9 Å². The van der Waals surface area contributed by atoms with Gasteiger partial charge in [-0.05, 0) is 22.8 Å². The van der Waals surface area contributed by atoms with Crippen LogP contribution in [0.4, 0.5) is 0 Å². The van der Waals surface area contributed by atoms with Gasteiger partial charge in [0.2, 0.25) is 0 Å². The van der Waals surface area contributed by atoms with Gasteiger partial charge in [0.25, 0.3) is 11.8 Å². The minimum atomic E-state index is -0.985. The average Bonchev–Trinajstić information content (AvgIpc) is 3.16. The molecule has 0 radical (unpaired) electrons. The van der Waals surface area contributed by atoms with Gasteiger partial charge in [-0.3, -0.25) is 4.79 Å². The standard InChI is InChI=1S/C24H22N4O5/c1-13(2)21-25-19-20(22(30)26-27-23(19)33-14(3)29)28(21)12-15-8-10-16(11-9-15)17-6-4-5-7-18(17)24(31)32/h4-11,13H,12H2,1-3H3,(H,26,30)(H,31,32). The number of aromatic nitrogens is 4. The number of aromatic hydroxyl groups is 1. The van der Waals surface area contributed by atoms with Crippen LogP contribution in [0.15, 0.2) is 48.5 Å². The summed E-state index contributed by atoms with van der Waals surface area (Å²) in [5, 5.41) is 27.4. The van der Waals surface area contributed by atoms with Gasteiger partial charge in [0.05, 0.1) is 5.56 Å². The van der Waals surface area contributed by atoms with Crippen LogP contribution in [0.3, 0.4) is 0 Å². The maximum Gasteiger partial charge on any atom is 0.336 e. The van der Waals surface area contributed by atoms with Crippen molar-refractivity contribution in [1.82, 2.24) is 19.7 Å². The second-order valence-corrected chi connectivity index (χ2v) is 7.88. The van der Waals surface area contributed by atoms with Crippen molar-refractivity contribution in [2.45, 2.75) is 33.2 Å². The van der Waals surface area contributed by atoms with Gasteiger partial charge in [0, 0.05) is 19.4 Å². The molecule has 0 spiro atoms. The maximum atomic E-state index is 11.5. The lowest BCUT2D eigenvalue weighted by atomic mass is 9.98. The Hall–Kier alpha value is -4.27. The number of aromatic carboxylic acids is 1. The van der Waals surface area contributed by atoms with E-state index in [-0.39, 0.29) is 28.8 Å². The molecule has 0 bridgehead atoms. The molecule has 0 amide bonds. The van der Waals surface area contributed by atoms with Crippen molar-refractivity contribution in [3.05, 3.63) is 65.5 Å². The Labute approximate surface area is 189 Å². The van der Waals surface area contributed by atoms with Gasteiger partial charge in [0.1, 0.15) is 11.3 Å². The molecule has 2 aromatic heterocycles. The van der Waals surface area contributed by atoms with Gasteiger partial charge in [-0.25, -0.2) is 9.78 Å². The summed E-state index contributed by atoms with van der Waals surface area (Å²) < 4.78 is 6.95. The molecule has 0 fully saturated rings. The Morgan fingerprint density at radius 2 is 1.76 bits per heavy atom. The molecule has 0 unspecified atom stereocenters. The van der Waals surface area contributed by atoms with E-state index in [0.29, 0.717) is 23.4 Å². The van der Waals surface area contributed by atoms with Crippen LogP contribution >= 0.6 is 0 Å². The fourth-order valence-corrected chi connectivity index (χ4v) is 3.73. The highest BCUT2D eigenvalue weighted by Gasteiger charge is 2.23. The van der Waals surface area contributed by atoms with Gasteiger partial charge >= 0.3 is 11.9 Å². The van der Waals surface area contributed by atoms with Crippen LogP contribution < -0.4 is 4.74 Å². The Balaban J connectivity index is 1.76. The van der Waals surface area contributed by atoms with Crippen LogP contribution in [-0.2, 0) is 11.3 Å². The molecule has 0 atom stereocenters. The summed E-state index contributed by atoms with van der Waals surface area (Å²) in [4.78, 5) is 27.6. The third-order valence-corrected chi connectivity index (χ3v) is 5.17. The molecule has 4 aromatic rings. The molecule has 2 heterocycles. The number of rotatable bonds is 6. The van der Waals surface area contributed by atoms with Crippen molar-refractivity contribution in [2.75, 3.05) is 0 Å². The summed E-state index contributed by atoms with van der Waals surface area (Å²) in [7, 11) is 0. The number of nitrogens with zero attached hydrogens (tertiary/aromatic N) is 4. The summed E-state index contributed by atoms with van der Waals surface area (Å²) in [6.07, 6.45) is 0. The molecular weight excluding hydrogens is 424 g/mol. The zero-order valence-corrected chi connectivity index (χ0v) is 18.3. The van der Waals surface area contributed by atoms with E-state index < -0.39 is 11.9 Å². The first-order valence-electron chi connectivity index (χ1n) is 10.3. The number of carboxylic acids is 1. The van der Waals surface area contributed by atoms with Gasteiger partial charge < -0.3 is 19.5 Å². The number of carboxylic acid groups (broad SMARTS) is 1. The number of ether oxygens (including phenoxy) is 1. The van der Waals surface area contributed by atoms with E-state index in [2.05, 4.69) is 15.2 Å². The van der Waals surface area contributed by atoms with Crippen LogP contribution in [0.2, 0.25) is 0 Å². The predicted molar refractivity (Wildman–Crippen MR) is 120 cm³/mol. The largest absolute Gasteiger partial charge is 0.491 e. The fourth-order valence-electron chi connectivity index (χ4n) is 3.73. The monoisotopic (exact) mass is 446 g/mol. The van der Waals surface area contributed by atoms with E-state index in [9.17, 15) is 19.8 Å². The molecule has 0 aliphatic heterocycles. The van der Waals surface area contributed by atoms with Crippen molar-refractivity contribution >= 4 is 23.0 Å².